The van der Waals surface area contributed by atoms with Gasteiger partial charge < -0.3 is 9.47 Å². The molecule has 0 unspecified atom stereocenters. The third-order valence-electron chi connectivity index (χ3n) is 5.67. The van der Waals surface area contributed by atoms with Gasteiger partial charge in [0, 0.05) is 18.4 Å². The van der Waals surface area contributed by atoms with E-state index in [4.69, 9.17) is 9.47 Å². The molecule has 33 heavy (non-hydrogen) atoms. The summed E-state index contributed by atoms with van der Waals surface area (Å²) >= 11 is 0. The van der Waals surface area contributed by atoms with E-state index in [2.05, 4.69) is 6.92 Å². The predicted octanol–water partition coefficient (Wildman–Crippen LogP) is 7.81. The van der Waals surface area contributed by atoms with Crippen LogP contribution in [0.1, 0.15) is 115 Å². The lowest BCUT2D eigenvalue weighted by Gasteiger charge is -2.07. The van der Waals surface area contributed by atoms with Crippen molar-refractivity contribution in [1.29, 1.82) is 0 Å². The van der Waals surface area contributed by atoms with Gasteiger partial charge in [0.05, 0.1) is 6.61 Å². The number of carbonyl (C=O) groups excluding carboxylic acids is 2. The first kappa shape index (κ1) is 29.1. The first-order valence-corrected chi connectivity index (χ1v) is 12.8. The number of esters is 2. The molecule has 0 N–H and O–H groups in total. The number of unbranched alkanes of at least 4 members (excludes halogenated alkanes) is 12. The van der Waals surface area contributed by atoms with Gasteiger partial charge in [0.1, 0.15) is 18.2 Å². The van der Waals surface area contributed by atoms with Gasteiger partial charge in [0.2, 0.25) is 0 Å². The highest BCUT2D eigenvalue weighted by molar-refractivity contribution is 5.69. The maximum Gasteiger partial charge on any atom is 0.306 e. The van der Waals surface area contributed by atoms with E-state index < -0.39 is 17.6 Å². The van der Waals surface area contributed by atoms with Crippen molar-refractivity contribution >= 4 is 11.9 Å². The Labute approximate surface area is 198 Å². The van der Waals surface area contributed by atoms with Crippen molar-refractivity contribution in [2.45, 2.75) is 116 Å². The molecule has 0 aliphatic rings. The van der Waals surface area contributed by atoms with E-state index >= 15 is 0 Å². The molecule has 6 heteroatoms. The summed E-state index contributed by atoms with van der Waals surface area (Å²) in [5, 5.41) is 0. The lowest BCUT2D eigenvalue weighted by atomic mass is 10.1. The zero-order valence-electron chi connectivity index (χ0n) is 20.3. The van der Waals surface area contributed by atoms with Crippen molar-refractivity contribution in [3.05, 3.63) is 35.4 Å². The standard InChI is InChI=1S/C27H42F2O4/c1-2-3-4-5-6-9-12-15-20-32-26(30)16-13-10-7-8-11-14-17-27(31)33-22-23-21-24(28)18-19-25(23)29/h18-19,21H,2-17,20,22H2,1H3. The van der Waals surface area contributed by atoms with Gasteiger partial charge in [0.25, 0.3) is 0 Å². The van der Waals surface area contributed by atoms with Crippen LogP contribution in [0.3, 0.4) is 0 Å². The van der Waals surface area contributed by atoms with Crippen LogP contribution in [-0.2, 0) is 25.7 Å². The van der Waals surface area contributed by atoms with Crippen LogP contribution in [0.4, 0.5) is 8.78 Å². The SMILES string of the molecule is CCCCCCCCCCOC(=O)CCCCCCCCC(=O)OCc1cc(F)ccc1F. The Kier molecular flexibility index (Phi) is 17.2. The Bertz CT molecular complexity index is 664. The van der Waals surface area contributed by atoms with Crippen molar-refractivity contribution in [1.82, 2.24) is 0 Å². The summed E-state index contributed by atoms with van der Waals surface area (Å²) < 4.78 is 36.9. The molecule has 1 rings (SSSR count). The zero-order valence-corrected chi connectivity index (χ0v) is 20.3. The quantitative estimate of drug-likeness (QED) is 0.145. The average Bonchev–Trinajstić information content (AvgIpc) is 2.80. The third-order valence-corrected chi connectivity index (χ3v) is 5.67. The molecule has 0 saturated heterocycles. The zero-order chi connectivity index (χ0) is 24.2. The summed E-state index contributed by atoms with van der Waals surface area (Å²) in [6, 6.07) is 3.09. The van der Waals surface area contributed by atoms with Crippen molar-refractivity contribution in [3.8, 4) is 0 Å². The van der Waals surface area contributed by atoms with Crippen LogP contribution in [0.15, 0.2) is 18.2 Å². The highest BCUT2D eigenvalue weighted by atomic mass is 19.1. The van der Waals surface area contributed by atoms with Crippen LogP contribution in [-0.4, -0.2) is 18.5 Å². The smallest absolute Gasteiger partial charge is 0.306 e. The molecule has 0 amide bonds. The van der Waals surface area contributed by atoms with Crippen molar-refractivity contribution in [3.63, 3.8) is 0 Å². The molecular weight excluding hydrogens is 426 g/mol. The summed E-state index contributed by atoms with van der Waals surface area (Å²) in [4.78, 5) is 23.5. The average molecular weight is 469 g/mol. The normalized spacial score (nSPS) is 10.9. The number of benzene rings is 1. The van der Waals surface area contributed by atoms with Crippen LogP contribution in [0.25, 0.3) is 0 Å². The fraction of sp³-hybridized carbons (Fsp3) is 0.704. The van der Waals surface area contributed by atoms with Crippen LogP contribution in [0.5, 0.6) is 0 Å². The summed E-state index contributed by atoms with van der Waals surface area (Å²) in [7, 11) is 0. The van der Waals surface area contributed by atoms with Gasteiger partial charge in [0.15, 0.2) is 0 Å². The van der Waals surface area contributed by atoms with Crippen molar-refractivity contribution in [2.75, 3.05) is 6.61 Å². The van der Waals surface area contributed by atoms with Crippen LogP contribution < -0.4 is 0 Å². The van der Waals surface area contributed by atoms with Gasteiger partial charge in [-0.3, -0.25) is 9.59 Å². The van der Waals surface area contributed by atoms with Gasteiger partial charge in [-0.1, -0.05) is 77.6 Å². The molecule has 0 heterocycles. The van der Waals surface area contributed by atoms with E-state index in [1.807, 2.05) is 0 Å². The fourth-order valence-electron chi connectivity index (χ4n) is 3.62. The number of halogens is 2. The minimum Gasteiger partial charge on any atom is -0.466 e. The van der Waals surface area contributed by atoms with E-state index in [1.54, 1.807) is 0 Å². The third kappa shape index (κ3) is 16.3. The molecule has 0 aromatic heterocycles. The first-order valence-electron chi connectivity index (χ1n) is 12.8. The molecule has 0 bridgehead atoms. The molecule has 1 aromatic rings. The number of carbonyl (C=O) groups is 2. The second kappa shape index (κ2) is 19.5. The second-order valence-electron chi connectivity index (χ2n) is 8.71. The summed E-state index contributed by atoms with van der Waals surface area (Å²) in [5.41, 5.74) is 0.0414. The Hall–Kier alpha value is -1.98. The van der Waals surface area contributed by atoms with Gasteiger partial charge >= 0.3 is 11.9 Å². The van der Waals surface area contributed by atoms with Crippen LogP contribution in [0, 0.1) is 11.6 Å². The maximum absolute atomic E-state index is 13.5. The molecular formula is C27H42F2O4. The van der Waals surface area contributed by atoms with E-state index in [-0.39, 0.29) is 24.6 Å². The number of ether oxygens (including phenoxy) is 2. The topological polar surface area (TPSA) is 52.6 Å². The Morgan fingerprint density at radius 2 is 1.21 bits per heavy atom. The first-order chi connectivity index (χ1) is 16.0. The Morgan fingerprint density at radius 1 is 0.697 bits per heavy atom. The maximum atomic E-state index is 13.5. The number of hydrogen-bond donors (Lipinski definition) is 0. The highest BCUT2D eigenvalue weighted by Gasteiger charge is 2.08. The summed E-state index contributed by atoms with van der Waals surface area (Å²) in [6.45, 7) is 2.51. The summed E-state index contributed by atoms with van der Waals surface area (Å²) in [5.74, 6) is -1.64. The number of rotatable bonds is 20. The Morgan fingerprint density at radius 3 is 1.82 bits per heavy atom. The van der Waals surface area contributed by atoms with Crippen LogP contribution >= 0.6 is 0 Å². The molecule has 4 nitrogen and oxygen atoms in total. The minimum atomic E-state index is -0.582. The lowest BCUT2D eigenvalue weighted by Crippen LogP contribution is -2.06. The molecule has 0 fully saturated rings. The van der Waals surface area contributed by atoms with E-state index in [0.29, 0.717) is 19.4 Å². The predicted molar refractivity (Wildman–Crippen MR) is 127 cm³/mol. The molecule has 0 aliphatic heterocycles. The fourth-order valence-corrected chi connectivity index (χ4v) is 3.62. The number of hydrogen-bond acceptors (Lipinski definition) is 4. The molecule has 0 aliphatic carbocycles. The van der Waals surface area contributed by atoms with E-state index in [0.717, 1.165) is 63.1 Å². The van der Waals surface area contributed by atoms with Crippen molar-refractivity contribution in [2.24, 2.45) is 0 Å². The van der Waals surface area contributed by atoms with Crippen LogP contribution in [0.2, 0.25) is 0 Å². The molecule has 188 valence electrons. The minimum absolute atomic E-state index is 0.0414. The second-order valence-corrected chi connectivity index (χ2v) is 8.71. The van der Waals surface area contributed by atoms with Gasteiger partial charge in [-0.15, -0.1) is 0 Å². The van der Waals surface area contributed by atoms with Gasteiger partial charge in [-0.05, 0) is 37.5 Å². The molecule has 0 spiro atoms. The van der Waals surface area contributed by atoms with E-state index in [1.165, 1.54) is 38.5 Å². The molecule has 0 saturated carbocycles. The van der Waals surface area contributed by atoms with Gasteiger partial charge in [-0.25, -0.2) is 8.78 Å². The monoisotopic (exact) mass is 468 g/mol. The van der Waals surface area contributed by atoms with E-state index in [9.17, 15) is 18.4 Å². The van der Waals surface area contributed by atoms with Crippen molar-refractivity contribution < 1.29 is 27.8 Å². The molecule has 0 radical (unpaired) electrons. The highest BCUT2D eigenvalue weighted by Crippen LogP contribution is 2.13. The lowest BCUT2D eigenvalue weighted by molar-refractivity contribution is -0.145. The molecule has 1 aromatic carbocycles. The molecule has 0 atom stereocenters. The largest absolute Gasteiger partial charge is 0.466 e. The van der Waals surface area contributed by atoms with Gasteiger partial charge in [-0.2, -0.15) is 0 Å². The Balaban J connectivity index is 1.88. The summed E-state index contributed by atoms with van der Waals surface area (Å²) in [6.07, 6.45) is 16.0.